The predicted octanol–water partition coefficient (Wildman–Crippen LogP) is 4.24. The molecule has 2 heterocycles. The molecular formula is C28H36N4O3. The number of carbonyl (C=O) groups is 2. The fourth-order valence-electron chi connectivity index (χ4n) is 5.70. The van der Waals surface area contributed by atoms with Crippen LogP contribution in [0.4, 0.5) is 11.4 Å². The molecule has 2 fully saturated rings. The van der Waals surface area contributed by atoms with Crippen LogP contribution in [0.3, 0.4) is 0 Å². The van der Waals surface area contributed by atoms with Crippen molar-refractivity contribution in [3.8, 4) is 5.75 Å². The summed E-state index contributed by atoms with van der Waals surface area (Å²) in [5.74, 6) is 1.23. The van der Waals surface area contributed by atoms with E-state index in [2.05, 4.69) is 28.9 Å². The number of hydrogen-bond donors (Lipinski definition) is 3. The minimum absolute atomic E-state index is 0.0319. The van der Waals surface area contributed by atoms with E-state index in [9.17, 15) is 9.59 Å². The van der Waals surface area contributed by atoms with Gasteiger partial charge in [0.05, 0.1) is 7.11 Å². The molecule has 1 saturated heterocycles. The van der Waals surface area contributed by atoms with E-state index in [0.29, 0.717) is 31.0 Å². The van der Waals surface area contributed by atoms with E-state index in [1.807, 2.05) is 36.1 Å². The van der Waals surface area contributed by atoms with Crippen LogP contribution in [0.5, 0.6) is 5.75 Å². The topological polar surface area (TPSA) is 82.7 Å². The molecule has 0 unspecified atom stereocenters. The number of fused-ring (bicyclic) bond motifs is 1. The third-order valence-electron chi connectivity index (χ3n) is 8.01. The third kappa shape index (κ3) is 4.38. The Bertz CT molecular complexity index is 1140. The monoisotopic (exact) mass is 476 g/mol. The molecular weight excluding hydrogens is 440 g/mol. The summed E-state index contributed by atoms with van der Waals surface area (Å²) in [6.45, 7) is 7.49. The Morgan fingerprint density at radius 1 is 1.09 bits per heavy atom. The molecule has 7 heteroatoms. The van der Waals surface area contributed by atoms with Crippen LogP contribution in [0.25, 0.3) is 0 Å². The summed E-state index contributed by atoms with van der Waals surface area (Å²) in [4.78, 5) is 29.5. The highest BCUT2D eigenvalue weighted by Crippen LogP contribution is 2.41. The number of anilines is 2. The first-order valence-corrected chi connectivity index (χ1v) is 12.8. The van der Waals surface area contributed by atoms with Crippen molar-refractivity contribution in [3.63, 3.8) is 0 Å². The number of nitrogens with one attached hydrogen (secondary N) is 3. The number of aryl methyl sites for hydroxylation is 2. The normalized spacial score (nSPS) is 19.2. The summed E-state index contributed by atoms with van der Waals surface area (Å²) in [6.07, 6.45) is 4.32. The number of carbonyl (C=O) groups excluding carboxylic acids is 2. The first kappa shape index (κ1) is 23.7. The summed E-state index contributed by atoms with van der Waals surface area (Å²) < 4.78 is 5.44. The maximum absolute atomic E-state index is 13.9. The van der Waals surface area contributed by atoms with Crippen LogP contribution in [-0.2, 0) is 11.3 Å². The fraction of sp³-hybridized carbons (Fsp3) is 0.500. The molecule has 2 aromatic carbocycles. The predicted molar refractivity (Wildman–Crippen MR) is 138 cm³/mol. The van der Waals surface area contributed by atoms with E-state index in [0.717, 1.165) is 72.6 Å². The zero-order valence-corrected chi connectivity index (χ0v) is 21.0. The minimum Gasteiger partial charge on any atom is -0.496 e. The van der Waals surface area contributed by atoms with Crippen LogP contribution in [0.2, 0.25) is 0 Å². The molecule has 0 spiro atoms. The molecule has 2 amide bonds. The standard InChI is InChI=1S/C28H36N4O3/c1-18-7-8-21(13-25(18)35-3)31-27(34)28(9-5-4-6-10-28)32-17-24-19(2)11-22(12-23(24)26(32)33)30-16-20-14-29-15-20/h7-8,11-13,20,29-30H,4-6,9-10,14-17H2,1-3H3,(H,31,34). The average molecular weight is 477 g/mol. The van der Waals surface area contributed by atoms with Gasteiger partial charge in [-0.2, -0.15) is 0 Å². The second-order valence-electron chi connectivity index (χ2n) is 10.3. The zero-order chi connectivity index (χ0) is 24.6. The van der Waals surface area contributed by atoms with E-state index < -0.39 is 5.54 Å². The van der Waals surface area contributed by atoms with Crippen molar-refractivity contribution in [1.82, 2.24) is 10.2 Å². The van der Waals surface area contributed by atoms with Gasteiger partial charge in [-0.1, -0.05) is 25.3 Å². The smallest absolute Gasteiger partial charge is 0.255 e. The molecule has 2 aromatic rings. The lowest BCUT2D eigenvalue weighted by Gasteiger charge is -2.43. The van der Waals surface area contributed by atoms with Gasteiger partial charge in [0.15, 0.2) is 0 Å². The van der Waals surface area contributed by atoms with Crippen LogP contribution < -0.4 is 20.7 Å². The first-order chi connectivity index (χ1) is 16.9. The number of amides is 2. The van der Waals surface area contributed by atoms with Crippen molar-refractivity contribution in [3.05, 3.63) is 52.6 Å². The molecule has 5 rings (SSSR count). The highest BCUT2D eigenvalue weighted by atomic mass is 16.5. The molecule has 3 N–H and O–H groups in total. The van der Waals surface area contributed by atoms with E-state index in [-0.39, 0.29) is 11.8 Å². The summed E-state index contributed by atoms with van der Waals surface area (Å²) in [5.41, 5.74) is 4.72. The molecule has 0 radical (unpaired) electrons. The van der Waals surface area contributed by atoms with Gasteiger partial charge in [0.2, 0.25) is 5.91 Å². The Morgan fingerprint density at radius 2 is 1.86 bits per heavy atom. The van der Waals surface area contributed by atoms with Gasteiger partial charge < -0.3 is 25.6 Å². The Hall–Kier alpha value is -3.06. The Kier molecular flexibility index (Phi) is 6.45. The highest BCUT2D eigenvalue weighted by molar-refractivity contribution is 6.06. The van der Waals surface area contributed by atoms with Gasteiger partial charge in [-0.05, 0) is 61.6 Å². The molecule has 35 heavy (non-hydrogen) atoms. The van der Waals surface area contributed by atoms with E-state index in [4.69, 9.17) is 4.74 Å². The van der Waals surface area contributed by atoms with Crippen LogP contribution in [0.15, 0.2) is 30.3 Å². The minimum atomic E-state index is -0.843. The molecule has 7 nitrogen and oxygen atoms in total. The lowest BCUT2D eigenvalue weighted by molar-refractivity contribution is -0.129. The first-order valence-electron chi connectivity index (χ1n) is 12.8. The number of methoxy groups -OCH3 is 1. The van der Waals surface area contributed by atoms with Gasteiger partial charge >= 0.3 is 0 Å². The van der Waals surface area contributed by atoms with Gasteiger partial charge in [-0.15, -0.1) is 0 Å². The average Bonchev–Trinajstić information content (AvgIpc) is 3.17. The van der Waals surface area contributed by atoms with Gasteiger partial charge in [0.25, 0.3) is 5.91 Å². The van der Waals surface area contributed by atoms with Gasteiger partial charge in [-0.3, -0.25) is 9.59 Å². The Balaban J connectivity index is 1.41. The summed E-state index contributed by atoms with van der Waals surface area (Å²) in [7, 11) is 1.63. The fourth-order valence-corrected chi connectivity index (χ4v) is 5.70. The van der Waals surface area contributed by atoms with E-state index in [1.54, 1.807) is 7.11 Å². The summed E-state index contributed by atoms with van der Waals surface area (Å²) >= 11 is 0. The van der Waals surface area contributed by atoms with Crippen molar-refractivity contribution in [1.29, 1.82) is 0 Å². The Labute approximate surface area is 207 Å². The molecule has 1 aliphatic carbocycles. The lowest BCUT2D eigenvalue weighted by atomic mass is 9.79. The highest BCUT2D eigenvalue weighted by Gasteiger charge is 2.50. The van der Waals surface area contributed by atoms with Crippen LogP contribution in [0.1, 0.15) is 59.2 Å². The maximum Gasteiger partial charge on any atom is 0.255 e. The van der Waals surface area contributed by atoms with Gasteiger partial charge in [0.1, 0.15) is 11.3 Å². The number of benzene rings is 2. The Morgan fingerprint density at radius 3 is 2.54 bits per heavy atom. The SMILES string of the molecule is COc1cc(NC(=O)C2(N3Cc4c(C)cc(NCC5CNC5)cc4C3=O)CCCCC2)ccc1C. The van der Waals surface area contributed by atoms with E-state index >= 15 is 0 Å². The van der Waals surface area contributed by atoms with Gasteiger partial charge in [0, 0.05) is 55.1 Å². The van der Waals surface area contributed by atoms with Crippen LogP contribution >= 0.6 is 0 Å². The summed E-state index contributed by atoms with van der Waals surface area (Å²) in [5, 5.41) is 9.92. The van der Waals surface area contributed by atoms with Crippen LogP contribution in [-0.4, -0.2) is 49.0 Å². The number of ether oxygens (including phenoxy) is 1. The number of nitrogens with zero attached hydrogens (tertiary/aromatic N) is 1. The number of rotatable bonds is 7. The van der Waals surface area contributed by atoms with Crippen molar-refractivity contribution in [2.45, 2.75) is 58.0 Å². The second-order valence-corrected chi connectivity index (χ2v) is 10.3. The number of hydrogen-bond acceptors (Lipinski definition) is 5. The van der Waals surface area contributed by atoms with Crippen molar-refractivity contribution >= 4 is 23.2 Å². The van der Waals surface area contributed by atoms with Gasteiger partial charge in [-0.25, -0.2) is 0 Å². The molecule has 0 bridgehead atoms. The zero-order valence-electron chi connectivity index (χ0n) is 21.0. The van der Waals surface area contributed by atoms with Crippen molar-refractivity contribution in [2.75, 3.05) is 37.4 Å². The molecule has 186 valence electrons. The molecule has 0 aromatic heterocycles. The quantitative estimate of drug-likeness (QED) is 0.557. The third-order valence-corrected chi connectivity index (χ3v) is 8.01. The molecule has 1 saturated carbocycles. The second kappa shape index (κ2) is 9.53. The van der Waals surface area contributed by atoms with Crippen molar-refractivity contribution < 1.29 is 14.3 Å². The van der Waals surface area contributed by atoms with Crippen LogP contribution in [0, 0.1) is 19.8 Å². The maximum atomic E-state index is 13.9. The van der Waals surface area contributed by atoms with E-state index in [1.165, 1.54) is 0 Å². The lowest BCUT2D eigenvalue weighted by Crippen LogP contribution is -2.58. The van der Waals surface area contributed by atoms with Crippen molar-refractivity contribution in [2.24, 2.45) is 5.92 Å². The molecule has 0 atom stereocenters. The largest absolute Gasteiger partial charge is 0.496 e. The molecule has 2 aliphatic heterocycles. The summed E-state index contributed by atoms with van der Waals surface area (Å²) in [6, 6.07) is 9.80. The molecule has 3 aliphatic rings.